The average Bonchev–Trinajstić information content (AvgIpc) is 2.95. The van der Waals surface area contributed by atoms with Crippen molar-refractivity contribution in [2.24, 2.45) is 5.92 Å². The van der Waals surface area contributed by atoms with Crippen molar-refractivity contribution in [1.82, 2.24) is 4.90 Å². The van der Waals surface area contributed by atoms with Gasteiger partial charge in [0.1, 0.15) is 5.75 Å². The number of methoxy groups -OCH3 is 1. The van der Waals surface area contributed by atoms with Gasteiger partial charge in [-0.1, -0.05) is 11.6 Å². The van der Waals surface area contributed by atoms with Crippen molar-refractivity contribution in [1.29, 1.82) is 0 Å². The molecule has 3 rings (SSSR count). The Morgan fingerprint density at radius 2 is 2.38 bits per heavy atom. The van der Waals surface area contributed by atoms with Crippen LogP contribution in [0.3, 0.4) is 0 Å². The summed E-state index contributed by atoms with van der Waals surface area (Å²) in [5.41, 5.74) is 2.32. The molecule has 1 atom stereocenters. The van der Waals surface area contributed by atoms with Gasteiger partial charge in [-0.15, -0.1) is 0 Å². The van der Waals surface area contributed by atoms with Gasteiger partial charge >= 0.3 is 5.97 Å². The first kappa shape index (κ1) is 14.7. The zero-order valence-corrected chi connectivity index (χ0v) is 13.0. The van der Waals surface area contributed by atoms with Gasteiger partial charge in [-0.25, -0.2) is 0 Å². The van der Waals surface area contributed by atoms with Crippen molar-refractivity contribution < 1.29 is 14.3 Å². The Morgan fingerprint density at radius 3 is 3.19 bits per heavy atom. The Balaban J connectivity index is 1.73. The summed E-state index contributed by atoms with van der Waals surface area (Å²) in [4.78, 5) is 14.0. The van der Waals surface area contributed by atoms with Gasteiger partial charge < -0.3 is 9.47 Å². The van der Waals surface area contributed by atoms with Crippen LogP contribution in [0.5, 0.6) is 5.75 Å². The standard InChI is InChI=1S/C16H20ClNO3/c1-20-16(19)12-3-2-5-18(9-12)10-13-8-14(17)7-11-4-6-21-15(11)13/h7-8,12H,2-6,9-10H2,1H3. The molecular weight excluding hydrogens is 290 g/mol. The number of hydrogen-bond acceptors (Lipinski definition) is 4. The molecule has 5 heteroatoms. The van der Waals surface area contributed by atoms with Crippen molar-refractivity contribution in [2.75, 3.05) is 26.8 Å². The fourth-order valence-electron chi connectivity index (χ4n) is 3.26. The highest BCUT2D eigenvalue weighted by atomic mass is 35.5. The summed E-state index contributed by atoms with van der Waals surface area (Å²) in [6.45, 7) is 3.24. The molecule has 0 spiro atoms. The molecule has 0 N–H and O–H groups in total. The number of nitrogens with zero attached hydrogens (tertiary/aromatic N) is 1. The van der Waals surface area contributed by atoms with Crippen LogP contribution in [0.2, 0.25) is 5.02 Å². The summed E-state index contributed by atoms with van der Waals surface area (Å²) in [6, 6.07) is 3.97. The zero-order valence-electron chi connectivity index (χ0n) is 12.2. The van der Waals surface area contributed by atoms with Gasteiger partial charge in [-0.2, -0.15) is 0 Å². The summed E-state index contributed by atoms with van der Waals surface area (Å²) in [5.74, 6) is 0.865. The van der Waals surface area contributed by atoms with Crippen molar-refractivity contribution in [3.8, 4) is 5.75 Å². The Hall–Kier alpha value is -1.26. The number of rotatable bonds is 3. The molecule has 0 bridgehead atoms. The van der Waals surface area contributed by atoms with E-state index in [9.17, 15) is 4.79 Å². The van der Waals surface area contributed by atoms with Crippen LogP contribution < -0.4 is 4.74 Å². The van der Waals surface area contributed by atoms with E-state index in [1.807, 2.05) is 12.1 Å². The molecule has 1 unspecified atom stereocenters. The van der Waals surface area contributed by atoms with Crippen LogP contribution in [0.25, 0.3) is 0 Å². The lowest BCUT2D eigenvalue weighted by atomic mass is 9.97. The topological polar surface area (TPSA) is 38.8 Å². The van der Waals surface area contributed by atoms with Gasteiger partial charge in [0.05, 0.1) is 19.6 Å². The minimum atomic E-state index is -0.104. The molecule has 0 aliphatic carbocycles. The molecule has 1 aromatic carbocycles. The van der Waals surface area contributed by atoms with E-state index in [0.717, 1.165) is 61.8 Å². The monoisotopic (exact) mass is 309 g/mol. The van der Waals surface area contributed by atoms with E-state index in [-0.39, 0.29) is 11.9 Å². The summed E-state index contributed by atoms with van der Waals surface area (Å²) in [6.07, 6.45) is 2.85. The maximum atomic E-state index is 11.7. The predicted octanol–water partition coefficient (Wildman–Crippen LogP) is 2.66. The minimum Gasteiger partial charge on any atom is -0.493 e. The lowest BCUT2D eigenvalue weighted by Crippen LogP contribution is -2.38. The van der Waals surface area contributed by atoms with E-state index in [0.29, 0.717) is 0 Å². The van der Waals surface area contributed by atoms with Crippen molar-refractivity contribution in [3.63, 3.8) is 0 Å². The van der Waals surface area contributed by atoms with Gasteiger partial charge in [0.15, 0.2) is 0 Å². The highest BCUT2D eigenvalue weighted by Crippen LogP contribution is 2.34. The Kier molecular flexibility index (Phi) is 4.36. The molecular formula is C16H20ClNO3. The fourth-order valence-corrected chi connectivity index (χ4v) is 3.53. The summed E-state index contributed by atoms with van der Waals surface area (Å²) < 4.78 is 10.6. The van der Waals surface area contributed by atoms with E-state index < -0.39 is 0 Å². The lowest BCUT2D eigenvalue weighted by molar-refractivity contribution is -0.147. The third-order valence-corrected chi connectivity index (χ3v) is 4.48. The molecule has 2 aliphatic heterocycles. The normalized spacial score (nSPS) is 21.7. The molecule has 1 fully saturated rings. The van der Waals surface area contributed by atoms with Crippen LogP contribution in [0.15, 0.2) is 12.1 Å². The minimum absolute atomic E-state index is 0.0168. The molecule has 2 heterocycles. The molecule has 1 aromatic rings. The summed E-state index contributed by atoms with van der Waals surface area (Å²) >= 11 is 6.20. The molecule has 0 amide bonds. The molecule has 1 saturated heterocycles. The predicted molar refractivity (Wildman–Crippen MR) is 80.7 cm³/mol. The number of carbonyl (C=O) groups is 1. The SMILES string of the molecule is COC(=O)C1CCCN(Cc2cc(Cl)cc3c2OCC3)C1. The van der Waals surface area contributed by atoms with Crippen LogP contribution in [-0.4, -0.2) is 37.7 Å². The van der Waals surface area contributed by atoms with E-state index in [1.54, 1.807) is 0 Å². The van der Waals surface area contributed by atoms with Crippen molar-refractivity contribution in [2.45, 2.75) is 25.8 Å². The quantitative estimate of drug-likeness (QED) is 0.805. The number of piperidine rings is 1. The second-order valence-corrected chi connectivity index (χ2v) is 6.19. The molecule has 2 aliphatic rings. The smallest absolute Gasteiger partial charge is 0.309 e. The van der Waals surface area contributed by atoms with Crippen LogP contribution in [0, 0.1) is 5.92 Å². The Morgan fingerprint density at radius 1 is 1.52 bits per heavy atom. The largest absolute Gasteiger partial charge is 0.493 e. The second kappa shape index (κ2) is 6.24. The fraction of sp³-hybridized carbons (Fsp3) is 0.562. The van der Waals surface area contributed by atoms with Gasteiger partial charge in [-0.3, -0.25) is 9.69 Å². The molecule has 21 heavy (non-hydrogen) atoms. The van der Waals surface area contributed by atoms with Crippen LogP contribution in [0.4, 0.5) is 0 Å². The first-order valence-electron chi connectivity index (χ1n) is 7.41. The summed E-state index contributed by atoms with van der Waals surface area (Å²) in [7, 11) is 1.46. The zero-order chi connectivity index (χ0) is 14.8. The number of esters is 1. The van der Waals surface area contributed by atoms with Gasteiger partial charge in [0.2, 0.25) is 0 Å². The van der Waals surface area contributed by atoms with E-state index in [2.05, 4.69) is 4.90 Å². The Labute approximate surface area is 130 Å². The van der Waals surface area contributed by atoms with Crippen molar-refractivity contribution in [3.05, 3.63) is 28.3 Å². The molecule has 0 saturated carbocycles. The highest BCUT2D eigenvalue weighted by Gasteiger charge is 2.27. The molecule has 0 radical (unpaired) electrons. The van der Waals surface area contributed by atoms with E-state index in [1.165, 1.54) is 12.7 Å². The van der Waals surface area contributed by atoms with Crippen LogP contribution >= 0.6 is 11.6 Å². The average molecular weight is 310 g/mol. The number of carbonyl (C=O) groups excluding carboxylic acids is 1. The van der Waals surface area contributed by atoms with Gasteiger partial charge in [0, 0.05) is 30.1 Å². The molecule has 114 valence electrons. The first-order valence-corrected chi connectivity index (χ1v) is 7.79. The van der Waals surface area contributed by atoms with Crippen LogP contribution in [0.1, 0.15) is 24.0 Å². The van der Waals surface area contributed by atoms with E-state index in [4.69, 9.17) is 21.1 Å². The first-order chi connectivity index (χ1) is 10.2. The summed E-state index contributed by atoms with van der Waals surface area (Å²) in [5, 5.41) is 0.760. The molecule has 0 aromatic heterocycles. The number of hydrogen-bond donors (Lipinski definition) is 0. The second-order valence-electron chi connectivity index (χ2n) is 5.75. The van der Waals surface area contributed by atoms with Gasteiger partial charge in [-0.05, 0) is 37.1 Å². The van der Waals surface area contributed by atoms with Crippen molar-refractivity contribution >= 4 is 17.6 Å². The Bertz CT molecular complexity index is 547. The number of likely N-dealkylation sites (tertiary alicyclic amines) is 1. The maximum absolute atomic E-state index is 11.7. The van der Waals surface area contributed by atoms with Gasteiger partial charge in [0.25, 0.3) is 0 Å². The lowest BCUT2D eigenvalue weighted by Gasteiger charge is -2.31. The van der Waals surface area contributed by atoms with E-state index >= 15 is 0 Å². The third kappa shape index (κ3) is 3.16. The number of fused-ring (bicyclic) bond motifs is 1. The molecule has 4 nitrogen and oxygen atoms in total. The number of benzene rings is 1. The maximum Gasteiger partial charge on any atom is 0.309 e. The number of ether oxygens (including phenoxy) is 2. The number of halogens is 1. The third-order valence-electron chi connectivity index (χ3n) is 4.26. The highest BCUT2D eigenvalue weighted by molar-refractivity contribution is 6.30. The van der Waals surface area contributed by atoms with Crippen LogP contribution in [-0.2, 0) is 22.5 Å².